The van der Waals surface area contributed by atoms with Gasteiger partial charge in [0.15, 0.2) is 0 Å². The average Bonchev–Trinajstić information content (AvgIpc) is 2.45. The normalized spacial score (nSPS) is 10.1. The van der Waals surface area contributed by atoms with Crippen LogP contribution in [0.5, 0.6) is 11.6 Å². The van der Waals surface area contributed by atoms with Crippen LogP contribution >= 0.6 is 15.9 Å². The van der Waals surface area contributed by atoms with Gasteiger partial charge < -0.3 is 9.47 Å². The minimum absolute atomic E-state index is 0.0186. The third kappa shape index (κ3) is 3.92. The largest absolute Gasteiger partial charge is 0.490 e. The highest BCUT2D eigenvalue weighted by atomic mass is 79.9. The monoisotopic (exact) mass is 338 g/mol. The lowest BCUT2D eigenvalue weighted by atomic mass is 10.3. The van der Waals surface area contributed by atoms with Crippen molar-refractivity contribution >= 4 is 21.6 Å². The Kier molecular flexibility index (Phi) is 4.89. The first kappa shape index (κ1) is 14.3. The van der Waals surface area contributed by atoms with Gasteiger partial charge in [-0.1, -0.05) is 18.2 Å². The number of nitrogens with zero attached hydrogens (tertiary/aromatic N) is 2. The first-order chi connectivity index (χ1) is 9.66. The van der Waals surface area contributed by atoms with E-state index < -0.39 is 4.92 Å². The molecule has 1 aromatic carbocycles. The molecule has 0 saturated heterocycles. The Balaban J connectivity index is 1.90. The molecule has 0 aliphatic rings. The molecule has 2 rings (SSSR count). The third-order valence-corrected chi connectivity index (χ3v) is 2.76. The van der Waals surface area contributed by atoms with Gasteiger partial charge in [0.25, 0.3) is 5.88 Å². The fourth-order valence-corrected chi connectivity index (χ4v) is 1.79. The molecule has 0 amide bonds. The molecular weight excluding hydrogens is 328 g/mol. The van der Waals surface area contributed by atoms with Gasteiger partial charge in [0.2, 0.25) is 0 Å². The van der Waals surface area contributed by atoms with E-state index in [1.165, 1.54) is 12.3 Å². The summed E-state index contributed by atoms with van der Waals surface area (Å²) >= 11 is 3.13. The second-order valence-electron chi connectivity index (χ2n) is 3.74. The lowest BCUT2D eigenvalue weighted by molar-refractivity contribution is -0.386. The smallest absolute Gasteiger partial charge is 0.332 e. The van der Waals surface area contributed by atoms with Crippen molar-refractivity contribution in [3.63, 3.8) is 0 Å². The van der Waals surface area contributed by atoms with E-state index in [4.69, 9.17) is 9.47 Å². The van der Waals surface area contributed by atoms with Gasteiger partial charge in [-0.2, -0.15) is 0 Å². The zero-order valence-corrected chi connectivity index (χ0v) is 11.9. The van der Waals surface area contributed by atoms with Gasteiger partial charge in [0.1, 0.15) is 19.0 Å². The van der Waals surface area contributed by atoms with Crippen molar-refractivity contribution in [2.24, 2.45) is 0 Å². The quantitative estimate of drug-likeness (QED) is 0.459. The second-order valence-corrected chi connectivity index (χ2v) is 4.66. The predicted molar refractivity (Wildman–Crippen MR) is 76.0 cm³/mol. The molecule has 0 saturated carbocycles. The number of hydrogen-bond donors (Lipinski definition) is 0. The predicted octanol–water partition coefficient (Wildman–Crippen LogP) is 3.21. The number of para-hydroxylation sites is 1. The molecular formula is C13H11BrN2O4. The first-order valence-corrected chi connectivity index (χ1v) is 6.56. The van der Waals surface area contributed by atoms with Crippen molar-refractivity contribution in [2.45, 2.75) is 0 Å². The number of aromatic nitrogens is 1. The molecule has 0 bridgehead atoms. The van der Waals surface area contributed by atoms with Crippen LogP contribution in [0.1, 0.15) is 0 Å². The molecule has 0 aliphatic heterocycles. The summed E-state index contributed by atoms with van der Waals surface area (Å²) in [4.78, 5) is 14.2. The van der Waals surface area contributed by atoms with Crippen molar-refractivity contribution < 1.29 is 14.4 Å². The Hall–Kier alpha value is -2.15. The fourth-order valence-electron chi connectivity index (χ4n) is 1.47. The van der Waals surface area contributed by atoms with Gasteiger partial charge in [-0.05, 0) is 28.1 Å². The molecule has 0 atom stereocenters. The molecule has 1 aromatic heterocycles. The highest BCUT2D eigenvalue weighted by molar-refractivity contribution is 9.10. The third-order valence-electron chi connectivity index (χ3n) is 2.33. The SMILES string of the molecule is O=[N+]([O-])c1cc(Br)cnc1OCCOc1ccccc1. The first-order valence-electron chi connectivity index (χ1n) is 5.77. The van der Waals surface area contributed by atoms with Crippen LogP contribution in [0, 0.1) is 10.1 Å². The summed E-state index contributed by atoms with van der Waals surface area (Å²) in [7, 11) is 0. The van der Waals surface area contributed by atoms with Crippen LogP contribution in [0.15, 0.2) is 47.1 Å². The van der Waals surface area contributed by atoms with Crippen LogP contribution in [0.25, 0.3) is 0 Å². The maximum absolute atomic E-state index is 10.9. The molecule has 104 valence electrons. The van der Waals surface area contributed by atoms with E-state index in [1.807, 2.05) is 30.3 Å². The van der Waals surface area contributed by atoms with E-state index in [9.17, 15) is 10.1 Å². The summed E-state index contributed by atoms with van der Waals surface area (Å²) in [6.07, 6.45) is 1.44. The number of ether oxygens (including phenoxy) is 2. The van der Waals surface area contributed by atoms with Crippen LogP contribution in [-0.2, 0) is 0 Å². The number of benzene rings is 1. The summed E-state index contributed by atoms with van der Waals surface area (Å²) < 4.78 is 11.2. The molecule has 0 radical (unpaired) electrons. The summed E-state index contributed by atoms with van der Waals surface area (Å²) in [5.74, 6) is 0.698. The molecule has 7 heteroatoms. The lowest BCUT2D eigenvalue weighted by Gasteiger charge is -2.07. The molecule has 0 aliphatic carbocycles. The second kappa shape index (κ2) is 6.85. The van der Waals surface area contributed by atoms with Crippen molar-refractivity contribution in [1.82, 2.24) is 4.98 Å². The van der Waals surface area contributed by atoms with Gasteiger partial charge in [-0.15, -0.1) is 0 Å². The molecule has 0 fully saturated rings. The van der Waals surface area contributed by atoms with Crippen LogP contribution < -0.4 is 9.47 Å². The molecule has 1 heterocycles. The standard InChI is InChI=1S/C13H11BrN2O4/c14-10-8-12(16(17)18)13(15-9-10)20-7-6-19-11-4-2-1-3-5-11/h1-5,8-9H,6-7H2. The minimum atomic E-state index is -0.537. The van der Waals surface area contributed by atoms with Crippen LogP contribution in [0.4, 0.5) is 5.69 Å². The number of rotatable bonds is 6. The van der Waals surface area contributed by atoms with Gasteiger partial charge in [0, 0.05) is 16.7 Å². The van der Waals surface area contributed by atoms with E-state index in [2.05, 4.69) is 20.9 Å². The maximum atomic E-state index is 10.9. The van der Waals surface area contributed by atoms with Crippen molar-refractivity contribution in [1.29, 1.82) is 0 Å². The van der Waals surface area contributed by atoms with Crippen molar-refractivity contribution in [2.75, 3.05) is 13.2 Å². The van der Waals surface area contributed by atoms with E-state index in [-0.39, 0.29) is 24.8 Å². The van der Waals surface area contributed by atoms with Gasteiger partial charge in [-0.3, -0.25) is 10.1 Å². The summed E-state index contributed by atoms with van der Waals surface area (Å²) in [5.41, 5.74) is -0.181. The summed E-state index contributed by atoms with van der Waals surface area (Å²) in [5, 5.41) is 10.9. The van der Waals surface area contributed by atoms with Crippen molar-refractivity contribution in [3.8, 4) is 11.6 Å². The Morgan fingerprint density at radius 3 is 2.60 bits per heavy atom. The topological polar surface area (TPSA) is 74.5 Å². The maximum Gasteiger partial charge on any atom is 0.332 e. The van der Waals surface area contributed by atoms with E-state index in [0.717, 1.165) is 5.75 Å². The van der Waals surface area contributed by atoms with Gasteiger partial charge >= 0.3 is 5.69 Å². The molecule has 0 spiro atoms. The lowest BCUT2D eigenvalue weighted by Crippen LogP contribution is -2.10. The van der Waals surface area contributed by atoms with Crippen LogP contribution in [0.2, 0.25) is 0 Å². The Labute approximate surface area is 123 Å². The highest BCUT2D eigenvalue weighted by Crippen LogP contribution is 2.27. The zero-order chi connectivity index (χ0) is 14.4. The molecule has 6 nitrogen and oxygen atoms in total. The number of halogens is 1. The Morgan fingerprint density at radius 2 is 1.90 bits per heavy atom. The van der Waals surface area contributed by atoms with E-state index in [1.54, 1.807) is 0 Å². The Morgan fingerprint density at radius 1 is 1.20 bits per heavy atom. The van der Waals surface area contributed by atoms with Gasteiger partial charge in [-0.25, -0.2) is 4.98 Å². The Bertz CT molecular complexity index is 592. The minimum Gasteiger partial charge on any atom is -0.490 e. The summed E-state index contributed by atoms with van der Waals surface area (Å²) in [6, 6.07) is 10.6. The number of nitro groups is 1. The van der Waals surface area contributed by atoms with E-state index >= 15 is 0 Å². The highest BCUT2D eigenvalue weighted by Gasteiger charge is 2.17. The van der Waals surface area contributed by atoms with E-state index in [0.29, 0.717) is 4.47 Å². The average molecular weight is 339 g/mol. The molecule has 0 N–H and O–H groups in total. The number of pyridine rings is 1. The van der Waals surface area contributed by atoms with Gasteiger partial charge in [0.05, 0.1) is 4.92 Å². The van der Waals surface area contributed by atoms with Crippen molar-refractivity contribution in [3.05, 3.63) is 57.2 Å². The number of hydrogen-bond acceptors (Lipinski definition) is 5. The summed E-state index contributed by atoms with van der Waals surface area (Å²) in [6.45, 7) is 0.448. The zero-order valence-electron chi connectivity index (χ0n) is 10.4. The molecule has 20 heavy (non-hydrogen) atoms. The van der Waals surface area contributed by atoms with Crippen LogP contribution in [0.3, 0.4) is 0 Å². The van der Waals surface area contributed by atoms with Crippen LogP contribution in [-0.4, -0.2) is 23.1 Å². The molecule has 0 unspecified atom stereocenters. The fraction of sp³-hybridized carbons (Fsp3) is 0.154. The molecule has 2 aromatic rings.